The summed E-state index contributed by atoms with van der Waals surface area (Å²) in [5.74, 6) is 0.287. The number of hydrogen-bond acceptors (Lipinski definition) is 6. The van der Waals surface area contributed by atoms with E-state index >= 15 is 0 Å². The van der Waals surface area contributed by atoms with Gasteiger partial charge in [-0.3, -0.25) is 14.4 Å². The van der Waals surface area contributed by atoms with Crippen molar-refractivity contribution in [1.29, 1.82) is 0 Å². The van der Waals surface area contributed by atoms with E-state index in [2.05, 4.69) is 41.5 Å². The minimum atomic E-state index is -2.92. The number of carbonyl (C=O) groups is 3. The van der Waals surface area contributed by atoms with Gasteiger partial charge in [-0.25, -0.2) is 0 Å². The number of unbranched alkanes of at least 4 members (excludes halogenated alkanes) is 33. The number of hydrogen-bond donors (Lipinski definition) is 3. The zero-order valence-corrected chi connectivity index (χ0v) is 47.4. The molecule has 0 aliphatic rings. The molecule has 1 atom stereocenters. The molecule has 0 aliphatic carbocycles. The number of aliphatic hydroxyl groups is 3. The normalized spacial score (nSPS) is 13.0. The van der Waals surface area contributed by atoms with Crippen LogP contribution in [0.25, 0.3) is 0 Å². The van der Waals surface area contributed by atoms with Crippen LogP contribution in [0.1, 0.15) is 350 Å². The minimum Gasteiger partial charge on any atom is -0.393 e. The molecule has 0 saturated carbocycles. The van der Waals surface area contributed by atoms with Crippen molar-refractivity contribution in [2.45, 2.75) is 361 Å². The van der Waals surface area contributed by atoms with Crippen molar-refractivity contribution in [2.24, 2.45) is 17.8 Å². The Morgan fingerprint density at radius 3 is 0.652 bits per heavy atom. The molecule has 3 N–H and O–H groups in total. The van der Waals surface area contributed by atoms with E-state index in [1.54, 1.807) is 0 Å². The Morgan fingerprint density at radius 2 is 0.464 bits per heavy atom. The SMILES string of the molecule is CCC(CC)CCCCCCCCCCCCCCC(=O)C(O)(CO)C(O)(C(=O)CCCCCCCCCCCCCCC(CC)CC)C(=O)CCCCCCCCCCCCCCC(CC)CC. The third-order valence-corrected chi connectivity index (χ3v) is 16.9. The first-order valence-electron chi connectivity index (χ1n) is 31.2. The topological polar surface area (TPSA) is 112 Å². The van der Waals surface area contributed by atoms with Crippen molar-refractivity contribution in [3.63, 3.8) is 0 Å². The summed E-state index contributed by atoms with van der Waals surface area (Å²) in [6.07, 6.45) is 52.8. The average molecular weight is 976 g/mol. The van der Waals surface area contributed by atoms with Crippen molar-refractivity contribution < 1.29 is 29.7 Å². The third kappa shape index (κ3) is 33.4. The quantitative estimate of drug-likeness (QED) is 0.0413. The monoisotopic (exact) mass is 975 g/mol. The Kier molecular flexibility index (Phi) is 47.1. The zero-order chi connectivity index (χ0) is 51.1. The van der Waals surface area contributed by atoms with E-state index in [1.165, 1.54) is 212 Å². The molecule has 0 aromatic rings. The molecule has 0 rings (SSSR count). The lowest BCUT2D eigenvalue weighted by Gasteiger charge is -2.39. The van der Waals surface area contributed by atoms with Gasteiger partial charge in [-0.05, 0) is 37.0 Å². The first kappa shape index (κ1) is 67.9. The van der Waals surface area contributed by atoms with Gasteiger partial charge < -0.3 is 15.3 Å². The van der Waals surface area contributed by atoms with E-state index in [-0.39, 0.29) is 19.3 Å². The van der Waals surface area contributed by atoms with Crippen LogP contribution in [0.5, 0.6) is 0 Å². The summed E-state index contributed by atoms with van der Waals surface area (Å²) in [5, 5.41) is 34.4. The standard InChI is InChI=1S/C63H122O6/c1-7-56(8-2)49-43-37-31-25-19-13-16-22-28-34-40-46-52-59(65)62(68,55-64)63(69,60(66)53-47-41-35-29-23-17-14-20-26-32-38-44-50-57(9-3)10-4)61(67)54-48-42-36-30-24-18-15-21-27-33-39-45-51-58(11-5)12-6/h56-58,64,68-69H,7-55H2,1-6H3. The summed E-state index contributed by atoms with van der Waals surface area (Å²) in [7, 11) is 0. The largest absolute Gasteiger partial charge is 0.393 e. The molecule has 0 aromatic carbocycles. The van der Waals surface area contributed by atoms with Crippen LogP contribution in [-0.4, -0.2) is 50.5 Å². The summed E-state index contributed by atoms with van der Waals surface area (Å²) < 4.78 is 0. The van der Waals surface area contributed by atoms with Crippen molar-refractivity contribution in [2.75, 3.05) is 6.61 Å². The first-order chi connectivity index (χ1) is 33.6. The second-order valence-corrected chi connectivity index (χ2v) is 22.4. The molecule has 0 heterocycles. The summed E-state index contributed by atoms with van der Waals surface area (Å²) in [4.78, 5) is 41.5. The number of rotatable bonds is 56. The van der Waals surface area contributed by atoms with Gasteiger partial charge in [-0.15, -0.1) is 0 Å². The molecular weight excluding hydrogens is 853 g/mol. The Morgan fingerprint density at radius 1 is 0.290 bits per heavy atom. The van der Waals surface area contributed by atoms with E-state index in [1.807, 2.05) is 0 Å². The van der Waals surface area contributed by atoms with Crippen LogP contribution in [0.15, 0.2) is 0 Å². The highest BCUT2D eigenvalue weighted by Crippen LogP contribution is 2.32. The zero-order valence-electron chi connectivity index (χ0n) is 47.4. The molecule has 0 fully saturated rings. The van der Waals surface area contributed by atoms with Crippen LogP contribution in [0.3, 0.4) is 0 Å². The van der Waals surface area contributed by atoms with E-state index in [4.69, 9.17) is 0 Å². The lowest BCUT2D eigenvalue weighted by molar-refractivity contribution is -0.194. The number of Topliss-reactive ketones (excluding diaryl/α,β-unsaturated/α-hetero) is 3. The van der Waals surface area contributed by atoms with Crippen LogP contribution in [0, 0.1) is 17.8 Å². The Bertz CT molecular complexity index is 1090. The molecule has 0 saturated heterocycles. The smallest absolute Gasteiger partial charge is 0.219 e. The van der Waals surface area contributed by atoms with Crippen molar-refractivity contribution >= 4 is 17.3 Å². The molecule has 0 aliphatic heterocycles. The Balaban J connectivity index is 4.88. The van der Waals surface area contributed by atoms with E-state index in [0.29, 0.717) is 19.3 Å². The Labute approximate surface area is 430 Å². The van der Waals surface area contributed by atoms with Crippen LogP contribution in [0.4, 0.5) is 0 Å². The van der Waals surface area contributed by atoms with Gasteiger partial charge >= 0.3 is 0 Å². The highest BCUT2D eigenvalue weighted by Gasteiger charge is 2.62. The molecule has 0 spiro atoms. The van der Waals surface area contributed by atoms with Gasteiger partial charge in [0.05, 0.1) is 6.61 Å². The number of carbonyl (C=O) groups excluding carboxylic acids is 3. The van der Waals surface area contributed by atoms with Crippen LogP contribution in [0.2, 0.25) is 0 Å². The Hall–Kier alpha value is -1.11. The second kappa shape index (κ2) is 47.9. The lowest BCUT2D eigenvalue weighted by atomic mass is 9.71. The lowest BCUT2D eigenvalue weighted by Crippen LogP contribution is -2.69. The molecule has 0 aromatic heterocycles. The molecule has 0 radical (unpaired) electrons. The van der Waals surface area contributed by atoms with Gasteiger partial charge in [0.15, 0.2) is 23.0 Å². The highest BCUT2D eigenvalue weighted by molar-refractivity contribution is 6.16. The van der Waals surface area contributed by atoms with E-state index in [9.17, 15) is 29.7 Å². The molecule has 6 nitrogen and oxygen atoms in total. The van der Waals surface area contributed by atoms with Crippen LogP contribution < -0.4 is 0 Å². The molecule has 410 valence electrons. The van der Waals surface area contributed by atoms with Crippen molar-refractivity contribution in [3.05, 3.63) is 0 Å². The molecule has 1 unspecified atom stereocenters. The maximum Gasteiger partial charge on any atom is 0.219 e. The third-order valence-electron chi connectivity index (χ3n) is 16.9. The molecule has 69 heavy (non-hydrogen) atoms. The van der Waals surface area contributed by atoms with Gasteiger partial charge in [0.25, 0.3) is 0 Å². The fraction of sp³-hybridized carbons (Fsp3) is 0.952. The van der Waals surface area contributed by atoms with Gasteiger partial charge in [0, 0.05) is 19.3 Å². The maximum atomic E-state index is 13.9. The van der Waals surface area contributed by atoms with Crippen molar-refractivity contribution in [3.8, 4) is 0 Å². The van der Waals surface area contributed by atoms with Gasteiger partial charge in [0.1, 0.15) is 0 Å². The number of aliphatic hydroxyl groups excluding tert-OH is 1. The highest BCUT2D eigenvalue weighted by atomic mass is 16.4. The van der Waals surface area contributed by atoms with Crippen molar-refractivity contribution in [1.82, 2.24) is 0 Å². The summed E-state index contributed by atoms with van der Waals surface area (Å²) in [5.41, 5.74) is -5.75. The van der Waals surface area contributed by atoms with Gasteiger partial charge in [-0.1, -0.05) is 311 Å². The second-order valence-electron chi connectivity index (χ2n) is 22.4. The minimum absolute atomic E-state index is 0.0755. The van der Waals surface area contributed by atoms with E-state index < -0.39 is 35.2 Å². The first-order valence-corrected chi connectivity index (χ1v) is 31.2. The summed E-state index contributed by atoms with van der Waals surface area (Å²) in [6.45, 7) is 12.7. The van der Waals surface area contributed by atoms with Crippen LogP contribution >= 0.6 is 0 Å². The predicted octanol–water partition coefficient (Wildman–Crippen LogP) is 18.8. The fourth-order valence-electron chi connectivity index (χ4n) is 11.1. The average Bonchev–Trinajstić information content (AvgIpc) is 3.36. The molecule has 6 heteroatoms. The fourth-order valence-corrected chi connectivity index (χ4v) is 11.1. The van der Waals surface area contributed by atoms with Gasteiger partial charge in [0.2, 0.25) is 5.60 Å². The molecule has 0 bridgehead atoms. The molecule has 0 amide bonds. The summed E-state index contributed by atoms with van der Waals surface area (Å²) >= 11 is 0. The predicted molar refractivity (Wildman–Crippen MR) is 298 cm³/mol. The number of ketones is 3. The van der Waals surface area contributed by atoms with Gasteiger partial charge in [-0.2, -0.15) is 0 Å². The summed E-state index contributed by atoms with van der Waals surface area (Å²) in [6, 6.07) is 0. The maximum absolute atomic E-state index is 13.9. The molecular formula is C63H122O6. The van der Waals surface area contributed by atoms with E-state index in [0.717, 1.165) is 75.5 Å². The van der Waals surface area contributed by atoms with Crippen LogP contribution in [-0.2, 0) is 14.4 Å².